The standard InChI is InChI=1S/C28H27N9O2/c1-38-27-13-30-21(10-33-27)15-36-22-7-23(36)17-35(16-22)26-12-31-25(11-32-26)24-6-19(18-2-4-39-5-3-18)14-37-28(24)20(8-29)9-34-37/h2,6,9-14,22-23H,3-5,7,15-17H2,1H3. The lowest BCUT2D eigenvalue weighted by molar-refractivity contribution is -0.00981. The van der Waals surface area contributed by atoms with Crippen LogP contribution in [0.5, 0.6) is 5.88 Å². The number of pyridine rings is 1. The van der Waals surface area contributed by atoms with Gasteiger partial charge in [0.05, 0.1) is 73.8 Å². The number of hydrogen-bond donors (Lipinski definition) is 0. The van der Waals surface area contributed by atoms with Crippen molar-refractivity contribution < 1.29 is 9.47 Å². The van der Waals surface area contributed by atoms with E-state index in [9.17, 15) is 5.26 Å². The Kier molecular flexibility index (Phi) is 5.91. The van der Waals surface area contributed by atoms with E-state index < -0.39 is 0 Å². The van der Waals surface area contributed by atoms with Gasteiger partial charge in [0, 0.05) is 43.5 Å². The summed E-state index contributed by atoms with van der Waals surface area (Å²) in [5.41, 5.74) is 6.04. The van der Waals surface area contributed by atoms with Crippen LogP contribution < -0.4 is 9.64 Å². The molecule has 2 bridgehead atoms. The number of piperidine rings is 1. The summed E-state index contributed by atoms with van der Waals surface area (Å²) >= 11 is 0. The second-order valence-corrected chi connectivity index (χ2v) is 10.1. The number of methoxy groups -OCH3 is 1. The molecule has 4 aliphatic rings. The summed E-state index contributed by atoms with van der Waals surface area (Å²) in [6, 6.07) is 5.25. The summed E-state index contributed by atoms with van der Waals surface area (Å²) in [5, 5.41) is 14.1. The highest BCUT2D eigenvalue weighted by molar-refractivity contribution is 5.85. The normalized spacial score (nSPS) is 20.8. The fraction of sp³-hybridized carbons (Fsp3) is 0.357. The van der Waals surface area contributed by atoms with E-state index in [-0.39, 0.29) is 0 Å². The molecule has 11 nitrogen and oxygen atoms in total. The van der Waals surface area contributed by atoms with E-state index >= 15 is 0 Å². The molecule has 0 aromatic carbocycles. The molecule has 4 aromatic heterocycles. The van der Waals surface area contributed by atoms with Gasteiger partial charge in [0.2, 0.25) is 5.88 Å². The average molecular weight is 522 g/mol. The van der Waals surface area contributed by atoms with Crippen molar-refractivity contribution in [1.29, 1.82) is 5.26 Å². The molecule has 8 heterocycles. The molecule has 4 aliphatic heterocycles. The molecule has 196 valence electrons. The maximum absolute atomic E-state index is 9.70. The molecule has 2 unspecified atom stereocenters. The van der Waals surface area contributed by atoms with Gasteiger partial charge in [0.1, 0.15) is 11.9 Å². The van der Waals surface area contributed by atoms with Crippen molar-refractivity contribution in [3.63, 3.8) is 0 Å². The molecule has 4 aromatic rings. The molecular weight excluding hydrogens is 494 g/mol. The maximum Gasteiger partial charge on any atom is 0.231 e. The van der Waals surface area contributed by atoms with Gasteiger partial charge in [0.15, 0.2) is 0 Å². The van der Waals surface area contributed by atoms with E-state index in [0.29, 0.717) is 36.7 Å². The lowest BCUT2D eigenvalue weighted by atomic mass is 9.87. The smallest absolute Gasteiger partial charge is 0.231 e. The summed E-state index contributed by atoms with van der Waals surface area (Å²) in [4.78, 5) is 23.2. The quantitative estimate of drug-likeness (QED) is 0.375. The molecule has 8 rings (SSSR count). The molecule has 0 spiro atoms. The minimum absolute atomic E-state index is 0.447. The first kappa shape index (κ1) is 23.7. The van der Waals surface area contributed by atoms with Crippen LogP contribution in [0.4, 0.5) is 5.82 Å². The predicted octanol–water partition coefficient (Wildman–Crippen LogP) is 2.73. The molecule has 0 radical (unpaired) electrons. The topological polar surface area (TPSA) is 118 Å². The molecule has 0 N–H and O–H groups in total. The highest BCUT2D eigenvalue weighted by Crippen LogP contribution is 2.36. The number of rotatable bonds is 6. The van der Waals surface area contributed by atoms with Gasteiger partial charge in [0.25, 0.3) is 0 Å². The van der Waals surface area contributed by atoms with E-state index in [1.807, 2.05) is 18.6 Å². The fourth-order valence-corrected chi connectivity index (χ4v) is 5.84. The predicted molar refractivity (Wildman–Crippen MR) is 143 cm³/mol. The number of nitrogens with zero attached hydrogens (tertiary/aromatic N) is 9. The Morgan fingerprint density at radius 1 is 1.08 bits per heavy atom. The number of anilines is 1. The van der Waals surface area contributed by atoms with Gasteiger partial charge in [-0.2, -0.15) is 10.4 Å². The van der Waals surface area contributed by atoms with E-state index in [4.69, 9.17) is 19.4 Å². The van der Waals surface area contributed by atoms with E-state index in [0.717, 1.165) is 59.9 Å². The second kappa shape index (κ2) is 9.72. The van der Waals surface area contributed by atoms with Crippen LogP contribution in [0.15, 0.2) is 49.3 Å². The van der Waals surface area contributed by atoms with Crippen molar-refractivity contribution in [3.05, 3.63) is 66.1 Å². The van der Waals surface area contributed by atoms with Crippen LogP contribution in [0, 0.1) is 11.3 Å². The van der Waals surface area contributed by atoms with Gasteiger partial charge in [-0.1, -0.05) is 6.08 Å². The molecule has 3 fully saturated rings. The number of ether oxygens (including phenoxy) is 2. The van der Waals surface area contributed by atoms with Crippen molar-refractivity contribution in [1.82, 2.24) is 34.4 Å². The van der Waals surface area contributed by atoms with Crippen LogP contribution >= 0.6 is 0 Å². The van der Waals surface area contributed by atoms with Crippen LogP contribution in [-0.4, -0.2) is 79.9 Å². The molecule has 39 heavy (non-hydrogen) atoms. The number of nitriles is 1. The molecule has 0 amide bonds. The Bertz CT molecular complexity index is 1580. The van der Waals surface area contributed by atoms with Gasteiger partial charge < -0.3 is 14.4 Å². The summed E-state index contributed by atoms with van der Waals surface area (Å²) in [6.07, 6.45) is 14.8. The van der Waals surface area contributed by atoms with Gasteiger partial charge in [-0.05, 0) is 30.0 Å². The first-order valence-corrected chi connectivity index (χ1v) is 13.1. The Hall–Kier alpha value is -4.40. The van der Waals surface area contributed by atoms with Crippen molar-refractivity contribution in [2.45, 2.75) is 31.5 Å². The first-order chi connectivity index (χ1) is 19.2. The molecule has 0 aliphatic carbocycles. The summed E-state index contributed by atoms with van der Waals surface area (Å²) < 4.78 is 12.4. The number of hydrogen-bond acceptors (Lipinski definition) is 10. The highest BCUT2D eigenvalue weighted by atomic mass is 16.5. The second-order valence-electron chi connectivity index (χ2n) is 10.1. The Balaban J connectivity index is 1.11. The third kappa shape index (κ3) is 4.27. The lowest BCUT2D eigenvalue weighted by Gasteiger charge is -2.56. The van der Waals surface area contributed by atoms with Crippen LogP contribution in [0.1, 0.15) is 29.7 Å². The zero-order valence-electron chi connectivity index (χ0n) is 21.6. The summed E-state index contributed by atoms with van der Waals surface area (Å²) in [5.74, 6) is 1.40. The van der Waals surface area contributed by atoms with Gasteiger partial charge >= 0.3 is 0 Å². The van der Waals surface area contributed by atoms with E-state index in [2.05, 4.69) is 43.1 Å². The monoisotopic (exact) mass is 521 g/mol. The molecule has 11 heteroatoms. The SMILES string of the molecule is COc1cnc(CN2C3CC2CN(c2cnc(-c4cc(C5=CCOCC5)cn5ncc(C#N)c45)cn2)C3)cn1. The van der Waals surface area contributed by atoms with E-state index in [1.165, 1.54) is 12.0 Å². The molecule has 0 saturated carbocycles. The van der Waals surface area contributed by atoms with Crippen LogP contribution in [-0.2, 0) is 11.3 Å². The minimum Gasteiger partial charge on any atom is -0.480 e. The molecular formula is C28H27N9O2. The molecule has 3 saturated heterocycles. The Morgan fingerprint density at radius 3 is 2.67 bits per heavy atom. The van der Waals surface area contributed by atoms with Crippen molar-refractivity contribution in [2.24, 2.45) is 0 Å². The van der Waals surface area contributed by atoms with Gasteiger partial charge in [-0.25, -0.2) is 14.5 Å². The van der Waals surface area contributed by atoms with Crippen molar-refractivity contribution in [2.75, 3.05) is 38.3 Å². The lowest BCUT2D eigenvalue weighted by Crippen LogP contribution is -2.68. The third-order valence-electron chi connectivity index (χ3n) is 7.88. The average Bonchev–Trinajstić information content (AvgIpc) is 3.43. The maximum atomic E-state index is 9.70. The van der Waals surface area contributed by atoms with Gasteiger partial charge in [-0.3, -0.25) is 14.9 Å². The zero-order valence-corrected chi connectivity index (χ0v) is 21.6. The van der Waals surface area contributed by atoms with Crippen LogP contribution in [0.25, 0.3) is 22.3 Å². The Labute approximate surface area is 225 Å². The van der Waals surface area contributed by atoms with Crippen molar-refractivity contribution >= 4 is 16.9 Å². The number of piperazine rings is 1. The zero-order chi connectivity index (χ0) is 26.3. The Morgan fingerprint density at radius 2 is 1.97 bits per heavy atom. The number of aromatic nitrogens is 6. The number of fused-ring (bicyclic) bond motifs is 3. The van der Waals surface area contributed by atoms with Crippen LogP contribution in [0.2, 0.25) is 0 Å². The first-order valence-electron chi connectivity index (χ1n) is 13.1. The van der Waals surface area contributed by atoms with Crippen molar-refractivity contribution in [3.8, 4) is 23.2 Å². The summed E-state index contributed by atoms with van der Waals surface area (Å²) in [7, 11) is 1.59. The molecule has 2 atom stereocenters. The highest BCUT2D eigenvalue weighted by Gasteiger charge is 2.45. The van der Waals surface area contributed by atoms with E-state index in [1.54, 1.807) is 30.2 Å². The van der Waals surface area contributed by atoms with Gasteiger partial charge in [-0.15, -0.1) is 0 Å². The fourth-order valence-electron chi connectivity index (χ4n) is 5.84. The van der Waals surface area contributed by atoms with Crippen LogP contribution in [0.3, 0.4) is 0 Å². The summed E-state index contributed by atoms with van der Waals surface area (Å²) in [6.45, 7) is 3.87. The minimum atomic E-state index is 0.447. The third-order valence-corrected chi connectivity index (χ3v) is 7.88. The largest absolute Gasteiger partial charge is 0.480 e.